The van der Waals surface area contributed by atoms with Crippen molar-refractivity contribution in [2.45, 2.75) is 26.2 Å². The zero-order valence-electron chi connectivity index (χ0n) is 13.2. The van der Waals surface area contributed by atoms with E-state index in [-0.39, 0.29) is 31.2 Å². The molecule has 2 aromatic rings. The topological polar surface area (TPSA) is 17.1 Å². The van der Waals surface area contributed by atoms with Crippen LogP contribution in [0.15, 0.2) is 33.2 Å². The monoisotopic (exact) mass is 502 g/mol. The summed E-state index contributed by atoms with van der Waals surface area (Å²) >= 11 is 5.99. The second kappa shape index (κ2) is 6.99. The Morgan fingerprint density at radius 3 is 1.31 bits per heavy atom. The van der Waals surface area contributed by atoms with E-state index in [1.807, 2.05) is 0 Å². The van der Waals surface area contributed by atoms with Gasteiger partial charge in [-0.3, -0.25) is 4.79 Å². The summed E-state index contributed by atoms with van der Waals surface area (Å²) in [5.74, 6) is -0.697. The van der Waals surface area contributed by atoms with Gasteiger partial charge in [0.25, 0.3) is 0 Å². The summed E-state index contributed by atoms with van der Waals surface area (Å²) in [4.78, 5) is 12.7. The Bertz CT molecular complexity index is 813. The summed E-state index contributed by atoms with van der Waals surface area (Å²) in [5, 5.41) is 0. The highest BCUT2D eigenvalue weighted by Gasteiger charge is 2.35. The lowest BCUT2D eigenvalue weighted by Gasteiger charge is -2.16. The lowest BCUT2D eigenvalue weighted by Crippen LogP contribution is -2.13. The minimum Gasteiger partial charge on any atom is -0.289 e. The van der Waals surface area contributed by atoms with E-state index in [4.69, 9.17) is 0 Å². The van der Waals surface area contributed by atoms with Crippen LogP contribution in [0.25, 0.3) is 0 Å². The standard InChI is InChI=1S/C17H10Br2F6O/c1-7-11(16(20,21)22)5-3-9(13(7)18)15(26)10-4-6-12(17(23,24)25)8(2)14(10)19/h3-6H,1-2H3. The third-order valence-electron chi connectivity index (χ3n) is 3.87. The maximum absolute atomic E-state index is 12.9. The average Bonchev–Trinajstić information content (AvgIpc) is 2.49. The predicted octanol–water partition coefficient (Wildman–Crippen LogP) is 7.10. The van der Waals surface area contributed by atoms with Gasteiger partial charge in [-0.1, -0.05) is 0 Å². The van der Waals surface area contributed by atoms with Crippen LogP contribution < -0.4 is 0 Å². The molecule has 0 spiro atoms. The first-order valence-corrected chi connectivity index (χ1v) is 8.62. The van der Waals surface area contributed by atoms with Crippen LogP contribution >= 0.6 is 31.9 Å². The molecule has 2 rings (SSSR count). The molecule has 0 aliphatic carbocycles. The number of ketones is 1. The molecule has 0 bridgehead atoms. The van der Waals surface area contributed by atoms with Crippen molar-refractivity contribution in [3.8, 4) is 0 Å². The van der Waals surface area contributed by atoms with Gasteiger partial charge in [0, 0.05) is 20.1 Å². The minimum atomic E-state index is -4.58. The van der Waals surface area contributed by atoms with E-state index in [1.54, 1.807) is 0 Å². The lowest BCUT2D eigenvalue weighted by atomic mass is 9.96. The molecular formula is C17H10Br2F6O. The summed E-state index contributed by atoms with van der Waals surface area (Å²) in [6.45, 7) is 2.41. The van der Waals surface area contributed by atoms with Crippen LogP contribution in [0.3, 0.4) is 0 Å². The van der Waals surface area contributed by atoms with Crippen LogP contribution in [0, 0.1) is 13.8 Å². The number of rotatable bonds is 2. The van der Waals surface area contributed by atoms with Gasteiger partial charge in [0.1, 0.15) is 0 Å². The fourth-order valence-corrected chi connectivity index (χ4v) is 3.53. The van der Waals surface area contributed by atoms with Crippen LogP contribution in [0.5, 0.6) is 0 Å². The molecule has 0 amide bonds. The third-order valence-corrected chi connectivity index (χ3v) is 5.92. The van der Waals surface area contributed by atoms with Crippen molar-refractivity contribution in [3.05, 3.63) is 66.6 Å². The smallest absolute Gasteiger partial charge is 0.289 e. The molecule has 0 aliphatic heterocycles. The second-order valence-corrected chi connectivity index (χ2v) is 7.11. The zero-order valence-corrected chi connectivity index (χ0v) is 16.4. The number of carbonyl (C=O) groups excluding carboxylic acids is 1. The van der Waals surface area contributed by atoms with Gasteiger partial charge in [-0.05, 0) is 81.1 Å². The fraction of sp³-hybridized carbons (Fsp3) is 0.235. The number of hydrogen-bond donors (Lipinski definition) is 0. The van der Waals surface area contributed by atoms with Crippen molar-refractivity contribution in [2.75, 3.05) is 0 Å². The van der Waals surface area contributed by atoms with E-state index < -0.39 is 29.3 Å². The van der Waals surface area contributed by atoms with Crippen molar-refractivity contribution in [1.82, 2.24) is 0 Å². The van der Waals surface area contributed by atoms with Gasteiger partial charge in [-0.15, -0.1) is 0 Å². The summed E-state index contributed by atoms with van der Waals surface area (Å²) in [7, 11) is 0. The van der Waals surface area contributed by atoms with Gasteiger partial charge in [-0.25, -0.2) is 0 Å². The van der Waals surface area contributed by atoms with Gasteiger partial charge in [0.15, 0.2) is 5.78 Å². The summed E-state index contributed by atoms with van der Waals surface area (Å²) in [6.07, 6.45) is -9.17. The highest BCUT2D eigenvalue weighted by molar-refractivity contribution is 9.11. The molecule has 0 aliphatic rings. The van der Waals surface area contributed by atoms with Gasteiger partial charge in [0.05, 0.1) is 11.1 Å². The number of carbonyl (C=O) groups is 1. The minimum absolute atomic E-state index is 0.0539. The Morgan fingerprint density at radius 1 is 0.731 bits per heavy atom. The molecule has 0 atom stereocenters. The molecule has 26 heavy (non-hydrogen) atoms. The van der Waals surface area contributed by atoms with Crippen LogP contribution in [-0.4, -0.2) is 5.78 Å². The van der Waals surface area contributed by atoms with Crippen molar-refractivity contribution in [1.29, 1.82) is 0 Å². The Morgan fingerprint density at radius 2 is 1.04 bits per heavy atom. The summed E-state index contributed by atoms with van der Waals surface area (Å²) < 4.78 is 77.5. The zero-order chi connectivity index (χ0) is 20.0. The van der Waals surface area contributed by atoms with Gasteiger partial charge < -0.3 is 0 Å². The van der Waals surface area contributed by atoms with Crippen molar-refractivity contribution in [3.63, 3.8) is 0 Å². The normalized spacial score (nSPS) is 12.4. The largest absolute Gasteiger partial charge is 0.416 e. The van der Waals surface area contributed by atoms with E-state index >= 15 is 0 Å². The highest BCUT2D eigenvalue weighted by Crippen LogP contribution is 2.39. The molecule has 0 aromatic heterocycles. The van der Waals surface area contributed by atoms with Crippen LogP contribution in [0.1, 0.15) is 38.2 Å². The van der Waals surface area contributed by atoms with Gasteiger partial charge >= 0.3 is 12.4 Å². The molecule has 0 radical (unpaired) electrons. The van der Waals surface area contributed by atoms with Crippen LogP contribution in [0.2, 0.25) is 0 Å². The average molecular weight is 504 g/mol. The van der Waals surface area contributed by atoms with Crippen molar-refractivity contribution >= 4 is 37.6 Å². The van der Waals surface area contributed by atoms with Gasteiger partial charge in [-0.2, -0.15) is 26.3 Å². The molecule has 0 saturated heterocycles. The molecule has 0 heterocycles. The maximum Gasteiger partial charge on any atom is 0.416 e. The van der Waals surface area contributed by atoms with Crippen LogP contribution in [-0.2, 0) is 12.4 Å². The summed E-state index contributed by atoms with van der Waals surface area (Å²) in [5.41, 5.74) is -2.30. The molecular weight excluding hydrogens is 494 g/mol. The molecule has 0 saturated carbocycles. The quantitative estimate of drug-likeness (QED) is 0.315. The molecule has 140 valence electrons. The predicted molar refractivity (Wildman–Crippen MR) is 91.2 cm³/mol. The number of alkyl halides is 6. The van der Waals surface area contributed by atoms with E-state index in [9.17, 15) is 31.1 Å². The van der Waals surface area contributed by atoms with E-state index in [0.717, 1.165) is 24.3 Å². The third kappa shape index (κ3) is 3.83. The van der Waals surface area contributed by atoms with Crippen molar-refractivity contribution < 1.29 is 31.1 Å². The number of halogens is 8. The van der Waals surface area contributed by atoms with Crippen molar-refractivity contribution in [2.24, 2.45) is 0 Å². The number of hydrogen-bond acceptors (Lipinski definition) is 1. The van der Waals surface area contributed by atoms with E-state index in [2.05, 4.69) is 31.9 Å². The second-order valence-electron chi connectivity index (χ2n) is 5.52. The first-order valence-electron chi connectivity index (χ1n) is 7.04. The van der Waals surface area contributed by atoms with Crippen LogP contribution in [0.4, 0.5) is 26.3 Å². The van der Waals surface area contributed by atoms with E-state index in [0.29, 0.717) is 0 Å². The molecule has 0 unspecified atom stereocenters. The molecule has 2 aromatic carbocycles. The summed E-state index contributed by atoms with van der Waals surface area (Å²) in [6, 6.07) is 3.56. The molecule has 0 N–H and O–H groups in total. The fourth-order valence-electron chi connectivity index (χ4n) is 2.48. The Kier molecular flexibility index (Phi) is 5.64. The Labute approximate surface area is 161 Å². The Balaban J connectivity index is 2.58. The van der Waals surface area contributed by atoms with E-state index in [1.165, 1.54) is 13.8 Å². The van der Waals surface area contributed by atoms with Gasteiger partial charge in [0.2, 0.25) is 0 Å². The first kappa shape index (κ1) is 21.0. The number of benzene rings is 2. The Hall–Kier alpha value is -1.35. The SMILES string of the molecule is Cc1c(C(F)(F)F)ccc(C(=O)c2ccc(C(F)(F)F)c(C)c2Br)c1Br. The molecule has 0 fully saturated rings. The first-order chi connectivity index (χ1) is 11.8. The molecule has 9 heteroatoms. The molecule has 1 nitrogen and oxygen atoms in total. The highest BCUT2D eigenvalue weighted by atomic mass is 79.9. The lowest BCUT2D eigenvalue weighted by molar-refractivity contribution is -0.138. The maximum atomic E-state index is 12.9.